The van der Waals surface area contributed by atoms with Crippen LogP contribution in [0.3, 0.4) is 0 Å². The summed E-state index contributed by atoms with van der Waals surface area (Å²) in [6, 6.07) is 17.1. The highest BCUT2D eigenvalue weighted by Crippen LogP contribution is 2.30. The van der Waals surface area contributed by atoms with E-state index in [2.05, 4.69) is 5.32 Å². The van der Waals surface area contributed by atoms with Crippen LogP contribution in [0.15, 0.2) is 54.6 Å². The molecule has 25 heavy (non-hydrogen) atoms. The summed E-state index contributed by atoms with van der Waals surface area (Å²) in [7, 11) is 0. The van der Waals surface area contributed by atoms with Crippen LogP contribution in [0.4, 0.5) is 5.69 Å². The summed E-state index contributed by atoms with van der Waals surface area (Å²) >= 11 is 0. The summed E-state index contributed by atoms with van der Waals surface area (Å²) in [4.78, 5) is 27.0. The van der Waals surface area contributed by atoms with E-state index in [4.69, 9.17) is 0 Å². The standard InChI is InChI=1S/C21H18N2O2/c1-13-6-3-11-18(14(13)2)22-12-23-20(24)16-9-4-7-15-8-5-10-17(19(15)16)21(23)25/h3-11,22H,12H2,1-2H3. The first-order chi connectivity index (χ1) is 12.1. The van der Waals surface area contributed by atoms with Crippen LogP contribution in [-0.4, -0.2) is 23.4 Å². The molecule has 0 saturated carbocycles. The number of carbonyl (C=O) groups excluding carboxylic acids is 2. The first kappa shape index (κ1) is 15.4. The number of nitrogens with one attached hydrogen (secondary N) is 1. The number of imide groups is 1. The number of nitrogens with zero attached hydrogens (tertiary/aromatic N) is 1. The van der Waals surface area contributed by atoms with E-state index in [-0.39, 0.29) is 18.5 Å². The maximum absolute atomic E-state index is 12.9. The molecule has 4 nitrogen and oxygen atoms in total. The molecule has 4 rings (SSSR count). The molecule has 0 aromatic heterocycles. The van der Waals surface area contributed by atoms with Crippen LogP contribution in [0.1, 0.15) is 31.8 Å². The maximum atomic E-state index is 12.9. The topological polar surface area (TPSA) is 49.4 Å². The maximum Gasteiger partial charge on any atom is 0.262 e. The van der Waals surface area contributed by atoms with Crippen molar-refractivity contribution in [3.63, 3.8) is 0 Å². The quantitative estimate of drug-likeness (QED) is 0.735. The predicted octanol–water partition coefficient (Wildman–Crippen LogP) is 4.12. The van der Waals surface area contributed by atoms with Gasteiger partial charge >= 0.3 is 0 Å². The summed E-state index contributed by atoms with van der Waals surface area (Å²) in [5.74, 6) is -0.515. The zero-order valence-corrected chi connectivity index (χ0v) is 14.2. The van der Waals surface area contributed by atoms with Crippen LogP contribution in [0.2, 0.25) is 0 Å². The van der Waals surface area contributed by atoms with Gasteiger partial charge in [0.05, 0.1) is 6.67 Å². The van der Waals surface area contributed by atoms with Gasteiger partial charge in [-0.15, -0.1) is 0 Å². The highest BCUT2D eigenvalue weighted by atomic mass is 16.2. The Hall–Kier alpha value is -3.14. The van der Waals surface area contributed by atoms with Gasteiger partial charge < -0.3 is 5.32 Å². The van der Waals surface area contributed by atoms with Gasteiger partial charge in [-0.25, -0.2) is 0 Å². The fraction of sp³-hybridized carbons (Fsp3) is 0.143. The number of hydrogen-bond donors (Lipinski definition) is 1. The molecule has 1 aliphatic rings. The highest BCUT2D eigenvalue weighted by molar-refractivity contribution is 6.25. The van der Waals surface area contributed by atoms with Crippen LogP contribution >= 0.6 is 0 Å². The molecule has 0 radical (unpaired) electrons. The monoisotopic (exact) mass is 330 g/mol. The predicted molar refractivity (Wildman–Crippen MR) is 98.9 cm³/mol. The van der Waals surface area contributed by atoms with E-state index in [1.165, 1.54) is 4.90 Å². The second-order valence-corrected chi connectivity index (χ2v) is 6.33. The molecule has 1 N–H and O–H groups in total. The van der Waals surface area contributed by atoms with Gasteiger partial charge in [0.2, 0.25) is 0 Å². The molecule has 1 aliphatic heterocycles. The van der Waals surface area contributed by atoms with E-state index in [1.807, 2.05) is 56.3 Å². The van der Waals surface area contributed by atoms with Crippen LogP contribution in [0, 0.1) is 13.8 Å². The molecular formula is C21H18N2O2. The smallest absolute Gasteiger partial charge is 0.262 e. The normalized spacial score (nSPS) is 13.4. The molecule has 0 spiro atoms. The lowest BCUT2D eigenvalue weighted by atomic mass is 9.94. The fourth-order valence-corrected chi connectivity index (χ4v) is 3.33. The van der Waals surface area contributed by atoms with Crippen LogP contribution in [0.25, 0.3) is 10.8 Å². The van der Waals surface area contributed by atoms with Crippen molar-refractivity contribution in [3.8, 4) is 0 Å². The van der Waals surface area contributed by atoms with Gasteiger partial charge in [0.1, 0.15) is 0 Å². The van der Waals surface area contributed by atoms with Crippen LogP contribution in [0.5, 0.6) is 0 Å². The van der Waals surface area contributed by atoms with Crippen molar-refractivity contribution in [2.24, 2.45) is 0 Å². The molecule has 0 bridgehead atoms. The van der Waals surface area contributed by atoms with E-state index in [0.29, 0.717) is 11.1 Å². The van der Waals surface area contributed by atoms with Gasteiger partial charge in [-0.2, -0.15) is 0 Å². The number of benzene rings is 3. The molecule has 0 unspecified atom stereocenters. The van der Waals surface area contributed by atoms with Crippen molar-refractivity contribution in [2.75, 3.05) is 12.0 Å². The Labute approximate surface area is 146 Å². The van der Waals surface area contributed by atoms with E-state index in [1.54, 1.807) is 12.1 Å². The van der Waals surface area contributed by atoms with Crippen molar-refractivity contribution < 1.29 is 9.59 Å². The Morgan fingerprint density at radius 3 is 2.08 bits per heavy atom. The third kappa shape index (κ3) is 2.38. The first-order valence-electron chi connectivity index (χ1n) is 8.26. The van der Waals surface area contributed by atoms with E-state index >= 15 is 0 Å². The van der Waals surface area contributed by atoms with Gasteiger partial charge in [-0.3, -0.25) is 14.5 Å². The van der Waals surface area contributed by atoms with Gasteiger partial charge in [0.25, 0.3) is 11.8 Å². The summed E-state index contributed by atoms with van der Waals surface area (Å²) in [6.07, 6.45) is 0. The lowest BCUT2D eigenvalue weighted by Gasteiger charge is -2.28. The zero-order valence-electron chi connectivity index (χ0n) is 14.2. The minimum absolute atomic E-state index is 0.146. The molecule has 0 aliphatic carbocycles. The number of hydrogen-bond acceptors (Lipinski definition) is 3. The van der Waals surface area contributed by atoms with Crippen molar-refractivity contribution in [2.45, 2.75) is 13.8 Å². The Bertz CT molecular complexity index is 973. The molecular weight excluding hydrogens is 312 g/mol. The van der Waals surface area contributed by atoms with Crippen molar-refractivity contribution in [1.29, 1.82) is 0 Å². The van der Waals surface area contributed by atoms with Crippen molar-refractivity contribution in [1.82, 2.24) is 4.90 Å². The Morgan fingerprint density at radius 1 is 0.840 bits per heavy atom. The SMILES string of the molecule is Cc1cccc(NCN2C(=O)c3cccc4cccc(c34)C2=O)c1C. The largest absolute Gasteiger partial charge is 0.367 e. The van der Waals surface area contributed by atoms with Gasteiger partial charge in [-0.1, -0.05) is 36.4 Å². The van der Waals surface area contributed by atoms with Gasteiger partial charge in [0, 0.05) is 22.2 Å². The van der Waals surface area contributed by atoms with Crippen LogP contribution < -0.4 is 5.32 Å². The van der Waals surface area contributed by atoms with Gasteiger partial charge in [0.15, 0.2) is 0 Å². The van der Waals surface area contributed by atoms with E-state index in [0.717, 1.165) is 27.6 Å². The molecule has 1 heterocycles. The summed E-state index contributed by atoms with van der Waals surface area (Å²) in [5, 5.41) is 4.90. The third-order valence-electron chi connectivity index (χ3n) is 4.89. The zero-order chi connectivity index (χ0) is 17.6. The van der Waals surface area contributed by atoms with Crippen LogP contribution in [-0.2, 0) is 0 Å². The molecule has 3 aromatic rings. The molecule has 2 amide bonds. The van der Waals surface area contributed by atoms with Crippen molar-refractivity contribution in [3.05, 3.63) is 76.9 Å². The molecule has 4 heteroatoms. The molecule has 0 fully saturated rings. The second kappa shape index (κ2) is 5.74. The van der Waals surface area contributed by atoms with E-state index in [9.17, 15) is 9.59 Å². The van der Waals surface area contributed by atoms with Crippen molar-refractivity contribution >= 4 is 28.3 Å². The number of carbonyl (C=O) groups is 2. The molecule has 0 saturated heterocycles. The molecule has 3 aromatic carbocycles. The Morgan fingerprint density at radius 2 is 1.44 bits per heavy atom. The lowest BCUT2D eigenvalue weighted by Crippen LogP contribution is -2.43. The lowest BCUT2D eigenvalue weighted by molar-refractivity contribution is 0.0622. The average Bonchev–Trinajstić information content (AvgIpc) is 2.62. The second-order valence-electron chi connectivity index (χ2n) is 6.33. The Kier molecular flexibility index (Phi) is 3.53. The highest BCUT2D eigenvalue weighted by Gasteiger charge is 2.32. The van der Waals surface area contributed by atoms with E-state index < -0.39 is 0 Å². The number of amides is 2. The summed E-state index contributed by atoms with van der Waals surface area (Å²) in [5.41, 5.74) is 4.36. The molecule has 0 atom stereocenters. The molecule has 124 valence electrons. The third-order valence-corrected chi connectivity index (χ3v) is 4.89. The summed E-state index contributed by atoms with van der Waals surface area (Å²) < 4.78 is 0. The number of anilines is 1. The number of rotatable bonds is 3. The fourth-order valence-electron chi connectivity index (χ4n) is 3.33. The van der Waals surface area contributed by atoms with Gasteiger partial charge in [-0.05, 0) is 48.6 Å². The minimum Gasteiger partial charge on any atom is -0.367 e. The average molecular weight is 330 g/mol. The number of aryl methyl sites for hydroxylation is 1. The minimum atomic E-state index is -0.257. The summed E-state index contributed by atoms with van der Waals surface area (Å²) in [6.45, 7) is 4.20. The Balaban J connectivity index is 1.69. The first-order valence-corrected chi connectivity index (χ1v) is 8.26.